The number of benzene rings is 1. The first-order valence-electron chi connectivity index (χ1n) is 5.49. The summed E-state index contributed by atoms with van der Waals surface area (Å²) < 4.78 is 20.8. The summed E-state index contributed by atoms with van der Waals surface area (Å²) in [7, 11) is 4.03. The summed E-state index contributed by atoms with van der Waals surface area (Å²) in [6, 6.07) is 1.50. The average Bonchev–Trinajstić information content (AvgIpc) is 2.48. The highest BCUT2D eigenvalue weighted by molar-refractivity contribution is 14.1. The van der Waals surface area contributed by atoms with Crippen LogP contribution < -0.4 is 14.9 Å². The highest BCUT2D eigenvalue weighted by Gasteiger charge is 2.25. The summed E-state index contributed by atoms with van der Waals surface area (Å²) >= 11 is 1.84. The summed E-state index contributed by atoms with van der Waals surface area (Å²) in [6.45, 7) is 0. The molecule has 1 heterocycles. The minimum Gasteiger partial charge on any atom is -0.493 e. The van der Waals surface area contributed by atoms with E-state index in [2.05, 4.69) is 0 Å². The van der Waals surface area contributed by atoms with E-state index in [-0.39, 0.29) is 33.5 Å². The van der Waals surface area contributed by atoms with Crippen LogP contribution in [0.25, 0.3) is 11.0 Å². The van der Waals surface area contributed by atoms with Gasteiger partial charge in [0.15, 0.2) is 11.5 Å². The number of hydrogen-bond donors (Lipinski definition) is 0. The molecular formula is C13H11IO6. The van der Waals surface area contributed by atoms with Crippen LogP contribution in [0.3, 0.4) is 0 Å². The third kappa shape index (κ3) is 2.21. The number of carbonyl (C=O) groups excluding carboxylic acids is 1. The van der Waals surface area contributed by atoms with Crippen LogP contribution in [0.15, 0.2) is 21.5 Å². The Hall–Kier alpha value is -1.77. The Bertz CT molecular complexity index is 734. The summed E-state index contributed by atoms with van der Waals surface area (Å²) in [5.41, 5.74) is -0.0988. The molecule has 0 saturated carbocycles. The number of hydrogen-bond acceptors (Lipinski definition) is 6. The topological polar surface area (TPSA) is 75.0 Å². The maximum absolute atomic E-state index is 12.3. The lowest BCUT2D eigenvalue weighted by atomic mass is 10.1. The molecule has 2 aromatic rings. The van der Waals surface area contributed by atoms with Gasteiger partial charge in [0, 0.05) is 6.07 Å². The molecule has 0 bridgehead atoms. The zero-order valence-corrected chi connectivity index (χ0v) is 13.1. The van der Waals surface area contributed by atoms with Crippen LogP contribution in [-0.2, 0) is 4.74 Å². The maximum Gasteiger partial charge on any atom is 0.342 e. The van der Waals surface area contributed by atoms with Crippen LogP contribution in [0.2, 0.25) is 0 Å². The van der Waals surface area contributed by atoms with Crippen molar-refractivity contribution in [3.8, 4) is 11.5 Å². The SMILES string of the molecule is COC(=O)c1c(OC)c(OC)cc2occ(I)c(=O)c12. The van der Waals surface area contributed by atoms with Crippen molar-refractivity contribution in [3.05, 3.63) is 31.7 Å². The van der Waals surface area contributed by atoms with E-state index in [4.69, 9.17) is 18.6 Å². The Morgan fingerprint density at radius 1 is 1.25 bits per heavy atom. The van der Waals surface area contributed by atoms with E-state index in [1.165, 1.54) is 33.7 Å². The molecule has 0 aliphatic rings. The van der Waals surface area contributed by atoms with Crippen molar-refractivity contribution < 1.29 is 23.4 Å². The molecule has 106 valence electrons. The molecular weight excluding hydrogens is 379 g/mol. The second-order valence-corrected chi connectivity index (χ2v) is 4.93. The van der Waals surface area contributed by atoms with E-state index in [9.17, 15) is 9.59 Å². The Kier molecular flexibility index (Phi) is 4.17. The molecule has 0 atom stereocenters. The molecule has 1 aromatic carbocycles. The third-order valence-electron chi connectivity index (χ3n) is 2.76. The molecule has 0 amide bonds. The van der Waals surface area contributed by atoms with Crippen LogP contribution in [0, 0.1) is 3.57 Å². The largest absolute Gasteiger partial charge is 0.493 e. The highest BCUT2D eigenvalue weighted by Crippen LogP contribution is 2.36. The first-order chi connectivity index (χ1) is 9.54. The molecule has 0 aliphatic carbocycles. The first-order valence-corrected chi connectivity index (χ1v) is 6.57. The molecule has 2 rings (SSSR count). The van der Waals surface area contributed by atoms with Crippen LogP contribution in [-0.4, -0.2) is 27.3 Å². The van der Waals surface area contributed by atoms with Crippen LogP contribution in [0.1, 0.15) is 10.4 Å². The quantitative estimate of drug-likeness (QED) is 0.591. The Balaban J connectivity index is 3.04. The smallest absolute Gasteiger partial charge is 0.342 e. The van der Waals surface area contributed by atoms with Crippen molar-refractivity contribution in [1.82, 2.24) is 0 Å². The Labute approximate surface area is 127 Å². The summed E-state index contributed by atoms with van der Waals surface area (Å²) in [6.07, 6.45) is 1.32. The Morgan fingerprint density at radius 2 is 1.95 bits per heavy atom. The van der Waals surface area contributed by atoms with Crippen LogP contribution >= 0.6 is 22.6 Å². The first kappa shape index (κ1) is 14.6. The van der Waals surface area contributed by atoms with Crippen molar-refractivity contribution in [2.75, 3.05) is 21.3 Å². The van der Waals surface area contributed by atoms with Gasteiger partial charge in [-0.3, -0.25) is 4.79 Å². The second kappa shape index (κ2) is 5.70. The zero-order chi connectivity index (χ0) is 14.9. The van der Waals surface area contributed by atoms with Crippen molar-refractivity contribution in [1.29, 1.82) is 0 Å². The normalized spacial score (nSPS) is 10.4. The molecule has 0 radical (unpaired) electrons. The van der Waals surface area contributed by atoms with Crippen LogP contribution in [0.4, 0.5) is 0 Å². The number of ether oxygens (including phenoxy) is 3. The summed E-state index contributed by atoms with van der Waals surface area (Å²) in [5, 5.41) is 0.112. The van der Waals surface area contributed by atoms with Gasteiger partial charge in [-0.05, 0) is 22.6 Å². The fourth-order valence-corrected chi connectivity index (χ4v) is 2.27. The molecule has 7 heteroatoms. The summed E-state index contributed by atoms with van der Waals surface area (Å²) in [5.74, 6) is -0.272. The van der Waals surface area contributed by atoms with E-state index in [1.54, 1.807) is 0 Å². The van der Waals surface area contributed by atoms with E-state index in [0.717, 1.165) is 0 Å². The van der Waals surface area contributed by atoms with Gasteiger partial charge in [0.25, 0.3) is 0 Å². The minimum atomic E-state index is -0.694. The lowest BCUT2D eigenvalue weighted by molar-refractivity contribution is 0.0598. The van der Waals surface area contributed by atoms with Gasteiger partial charge in [0.1, 0.15) is 17.4 Å². The van der Waals surface area contributed by atoms with Crippen molar-refractivity contribution in [2.24, 2.45) is 0 Å². The highest BCUT2D eigenvalue weighted by atomic mass is 127. The molecule has 6 nitrogen and oxygen atoms in total. The maximum atomic E-state index is 12.3. The predicted octanol–water partition coefficient (Wildman–Crippen LogP) is 2.20. The van der Waals surface area contributed by atoms with Gasteiger partial charge in [-0.25, -0.2) is 4.79 Å². The molecule has 0 N–H and O–H groups in total. The minimum absolute atomic E-state index is 0.00313. The molecule has 0 fully saturated rings. The fraction of sp³-hybridized carbons (Fsp3) is 0.231. The van der Waals surface area contributed by atoms with Crippen molar-refractivity contribution in [2.45, 2.75) is 0 Å². The monoisotopic (exact) mass is 390 g/mol. The van der Waals surface area contributed by atoms with Gasteiger partial charge in [-0.1, -0.05) is 0 Å². The number of methoxy groups -OCH3 is 3. The van der Waals surface area contributed by atoms with E-state index >= 15 is 0 Å². The van der Waals surface area contributed by atoms with Gasteiger partial charge in [0.2, 0.25) is 5.43 Å². The van der Waals surface area contributed by atoms with Gasteiger partial charge < -0.3 is 18.6 Å². The molecule has 0 spiro atoms. The Morgan fingerprint density at radius 3 is 2.50 bits per heavy atom. The predicted molar refractivity (Wildman–Crippen MR) is 79.6 cm³/mol. The molecule has 0 unspecified atom stereocenters. The lowest BCUT2D eigenvalue weighted by Crippen LogP contribution is -2.14. The van der Waals surface area contributed by atoms with E-state index in [0.29, 0.717) is 3.57 Å². The molecule has 20 heavy (non-hydrogen) atoms. The van der Waals surface area contributed by atoms with E-state index < -0.39 is 5.97 Å². The lowest BCUT2D eigenvalue weighted by Gasteiger charge is -2.13. The molecule has 0 saturated heterocycles. The number of fused-ring (bicyclic) bond motifs is 1. The number of esters is 1. The van der Waals surface area contributed by atoms with Crippen molar-refractivity contribution in [3.63, 3.8) is 0 Å². The molecule has 1 aromatic heterocycles. The average molecular weight is 390 g/mol. The standard InChI is InChI=1S/C13H11IO6/c1-17-8-4-7-9(11(15)6(14)5-20-7)10(12(8)18-2)13(16)19-3/h4-5H,1-3H3. The summed E-state index contributed by atoms with van der Waals surface area (Å²) in [4.78, 5) is 24.3. The molecule has 0 aliphatic heterocycles. The fourth-order valence-electron chi connectivity index (χ4n) is 1.87. The number of carbonyl (C=O) groups is 1. The second-order valence-electron chi connectivity index (χ2n) is 3.76. The van der Waals surface area contributed by atoms with Gasteiger partial charge in [0.05, 0.1) is 30.3 Å². The third-order valence-corrected chi connectivity index (χ3v) is 3.50. The van der Waals surface area contributed by atoms with E-state index in [1.807, 2.05) is 22.6 Å². The van der Waals surface area contributed by atoms with Crippen LogP contribution in [0.5, 0.6) is 11.5 Å². The van der Waals surface area contributed by atoms with Gasteiger partial charge in [-0.15, -0.1) is 0 Å². The zero-order valence-electron chi connectivity index (χ0n) is 11.0. The number of rotatable bonds is 3. The van der Waals surface area contributed by atoms with Gasteiger partial charge in [-0.2, -0.15) is 0 Å². The van der Waals surface area contributed by atoms with Gasteiger partial charge >= 0.3 is 5.97 Å². The van der Waals surface area contributed by atoms with Crippen molar-refractivity contribution >= 4 is 39.5 Å². The number of halogens is 1.